The second kappa shape index (κ2) is 19.5. The summed E-state index contributed by atoms with van der Waals surface area (Å²) in [5, 5.41) is 2.44. The third-order valence-electron chi connectivity index (χ3n) is 12.9. The van der Waals surface area contributed by atoms with E-state index in [1.54, 1.807) is 0 Å². The molecular weight excluding hydrogens is 1010 g/mol. The van der Waals surface area contributed by atoms with Gasteiger partial charge in [0.2, 0.25) is 0 Å². The molecule has 340 valence electrons. The smallest absolute Gasteiger partial charge is 0.509 e. The number of pyridine rings is 1. The van der Waals surface area contributed by atoms with E-state index in [-0.39, 0.29) is 26.5 Å². The van der Waals surface area contributed by atoms with Crippen LogP contribution in [0.3, 0.4) is 0 Å². The van der Waals surface area contributed by atoms with Crippen molar-refractivity contribution in [1.82, 2.24) is 14.1 Å². The topological polar surface area (TPSA) is 33.1 Å². The van der Waals surface area contributed by atoms with Gasteiger partial charge >= 0.3 is 27.1 Å². The molecule has 0 aliphatic carbocycles. The Balaban J connectivity index is 0.00000578. The molecule has 0 radical (unpaired) electrons. The van der Waals surface area contributed by atoms with E-state index in [2.05, 4.69) is 226 Å². The number of nitrogens with zero attached hydrogens (tertiary/aromatic N) is 4. The van der Waals surface area contributed by atoms with E-state index in [4.69, 9.17) is 9.72 Å². The number of rotatable bonds is 13. The van der Waals surface area contributed by atoms with Gasteiger partial charge in [0.1, 0.15) is 11.5 Å². The van der Waals surface area contributed by atoms with Gasteiger partial charge in [0, 0.05) is 41.8 Å². The number of ether oxygens (including phenoxy) is 1. The van der Waals surface area contributed by atoms with E-state index in [0.29, 0.717) is 23.3 Å². The zero-order chi connectivity index (χ0) is 46.2. The zero-order valence-electron chi connectivity index (χ0n) is 40.1. The number of fused-ring (bicyclic) bond motifs is 4. The molecule has 7 aromatic carbocycles. The molecular formula is C62H58N4OPt+2. The van der Waals surface area contributed by atoms with Crippen molar-refractivity contribution in [2.24, 2.45) is 11.8 Å². The van der Waals surface area contributed by atoms with Gasteiger partial charge < -0.3 is 9.30 Å². The second-order valence-corrected chi connectivity index (χ2v) is 19.8. The Morgan fingerprint density at radius 1 is 0.647 bits per heavy atom. The average Bonchev–Trinajstić information content (AvgIpc) is 3.87. The molecule has 0 atom stereocenters. The summed E-state index contributed by atoms with van der Waals surface area (Å²) in [6.45, 7) is 16.7. The molecule has 10 rings (SSSR count). The van der Waals surface area contributed by atoms with Crippen molar-refractivity contribution in [3.8, 4) is 39.6 Å². The number of para-hydroxylation sites is 2. The average molecular weight is 1070 g/mol. The van der Waals surface area contributed by atoms with Crippen LogP contribution in [-0.2, 0) is 45.7 Å². The Labute approximate surface area is 416 Å². The molecule has 0 unspecified atom stereocenters. The van der Waals surface area contributed by atoms with Crippen LogP contribution in [0.25, 0.3) is 49.9 Å². The first kappa shape index (κ1) is 46.5. The molecule has 68 heavy (non-hydrogen) atoms. The van der Waals surface area contributed by atoms with E-state index >= 15 is 0 Å². The molecule has 1 aliphatic heterocycles. The van der Waals surface area contributed by atoms with Crippen LogP contribution in [0, 0.1) is 24.0 Å². The van der Waals surface area contributed by atoms with Crippen LogP contribution in [0.1, 0.15) is 70.7 Å². The van der Waals surface area contributed by atoms with Crippen molar-refractivity contribution in [3.63, 3.8) is 0 Å². The minimum absolute atomic E-state index is 0. The van der Waals surface area contributed by atoms with Gasteiger partial charge in [0.05, 0.1) is 0 Å². The molecule has 0 N–H and O–H groups in total. The van der Waals surface area contributed by atoms with Crippen LogP contribution in [0.4, 0.5) is 17.1 Å². The molecule has 0 saturated heterocycles. The first-order valence-corrected chi connectivity index (χ1v) is 23.8. The Hall–Kier alpha value is -6.64. The first-order chi connectivity index (χ1) is 32.5. The quantitative estimate of drug-likeness (QED) is 0.0851. The Kier molecular flexibility index (Phi) is 13.3. The maximum Gasteiger partial charge on any atom is 2.00 e. The molecule has 1 aliphatic rings. The minimum atomic E-state index is -0.0377. The van der Waals surface area contributed by atoms with Crippen LogP contribution in [0.15, 0.2) is 164 Å². The molecule has 0 spiro atoms. The number of benzene rings is 7. The van der Waals surface area contributed by atoms with E-state index in [9.17, 15) is 0 Å². The predicted molar refractivity (Wildman–Crippen MR) is 277 cm³/mol. The molecule has 2 aromatic heterocycles. The normalized spacial score (nSPS) is 12.4. The van der Waals surface area contributed by atoms with Crippen LogP contribution >= 0.6 is 0 Å². The van der Waals surface area contributed by atoms with Crippen LogP contribution in [-0.4, -0.2) is 26.7 Å². The fraction of sp³-hybridized carbons (Fsp3) is 0.226. The molecule has 5 nitrogen and oxygen atoms in total. The maximum atomic E-state index is 6.74. The molecule has 0 amide bonds. The summed E-state index contributed by atoms with van der Waals surface area (Å²) in [7, 11) is 0. The van der Waals surface area contributed by atoms with Gasteiger partial charge in [-0.15, -0.1) is 23.6 Å². The summed E-state index contributed by atoms with van der Waals surface area (Å²) in [4.78, 5) is 5.00. The second-order valence-electron chi connectivity index (χ2n) is 19.8. The van der Waals surface area contributed by atoms with Gasteiger partial charge in [-0.3, -0.25) is 0 Å². The van der Waals surface area contributed by atoms with E-state index in [1.165, 1.54) is 49.9 Å². The molecule has 3 heterocycles. The monoisotopic (exact) mass is 1070 g/mol. The molecule has 6 heteroatoms. The van der Waals surface area contributed by atoms with Gasteiger partial charge in [-0.05, 0) is 98.2 Å². The number of aromatic nitrogens is 2. The molecule has 9 aromatic rings. The van der Waals surface area contributed by atoms with Gasteiger partial charge in [0.15, 0.2) is 6.54 Å². The summed E-state index contributed by atoms with van der Waals surface area (Å²) in [5.74, 6) is 3.14. The molecule has 0 bridgehead atoms. The predicted octanol–water partition coefficient (Wildman–Crippen LogP) is 15.5. The summed E-state index contributed by atoms with van der Waals surface area (Å²) in [6.07, 6.45) is 4.79. The van der Waals surface area contributed by atoms with Crippen LogP contribution < -0.4 is 9.31 Å². The Morgan fingerprint density at radius 3 is 1.97 bits per heavy atom. The largest absolute Gasteiger partial charge is 2.00 e. The Morgan fingerprint density at radius 2 is 1.29 bits per heavy atom. The summed E-state index contributed by atoms with van der Waals surface area (Å²) in [5.41, 5.74) is 15.4. The molecule has 0 saturated carbocycles. The number of hydrogen-bond donors (Lipinski definition) is 0. The van der Waals surface area contributed by atoms with Crippen molar-refractivity contribution in [1.29, 1.82) is 0 Å². The first-order valence-electron chi connectivity index (χ1n) is 23.8. The summed E-state index contributed by atoms with van der Waals surface area (Å²) in [6, 6.07) is 67.1. The fourth-order valence-electron chi connectivity index (χ4n) is 9.77. The maximum absolute atomic E-state index is 6.74. The van der Waals surface area contributed by atoms with Crippen molar-refractivity contribution < 1.29 is 30.4 Å². The van der Waals surface area contributed by atoms with Crippen molar-refractivity contribution in [2.75, 3.05) is 6.54 Å². The minimum Gasteiger partial charge on any atom is -0.509 e. The van der Waals surface area contributed by atoms with Gasteiger partial charge in [0.25, 0.3) is 11.4 Å². The van der Waals surface area contributed by atoms with Gasteiger partial charge in [-0.1, -0.05) is 172 Å². The summed E-state index contributed by atoms with van der Waals surface area (Å²) >= 11 is 0. The van der Waals surface area contributed by atoms with Crippen molar-refractivity contribution in [2.45, 2.75) is 73.1 Å². The van der Waals surface area contributed by atoms with E-state index < -0.39 is 0 Å². The third kappa shape index (κ3) is 9.31. The number of hydrogen-bond acceptors (Lipinski definition) is 2. The fourth-order valence-corrected chi connectivity index (χ4v) is 9.77. The van der Waals surface area contributed by atoms with Gasteiger partial charge in [-0.25, -0.2) is 4.98 Å². The van der Waals surface area contributed by atoms with Crippen LogP contribution in [0.2, 0.25) is 0 Å². The van der Waals surface area contributed by atoms with E-state index in [0.717, 1.165) is 65.1 Å². The Bertz CT molecular complexity index is 3290. The van der Waals surface area contributed by atoms with Gasteiger partial charge in [-0.2, -0.15) is 12.1 Å². The third-order valence-corrected chi connectivity index (χ3v) is 12.9. The van der Waals surface area contributed by atoms with Crippen LogP contribution in [0.5, 0.6) is 11.5 Å². The molecule has 0 fully saturated rings. The zero-order valence-corrected chi connectivity index (χ0v) is 42.4. The van der Waals surface area contributed by atoms with Crippen molar-refractivity contribution in [3.05, 3.63) is 198 Å². The van der Waals surface area contributed by atoms with E-state index in [1.807, 2.05) is 18.3 Å². The summed E-state index contributed by atoms with van der Waals surface area (Å²) < 4.78 is 13.4. The van der Waals surface area contributed by atoms with Crippen molar-refractivity contribution >= 4 is 44.9 Å². The standard InChI is InChI=1S/C62H58N4O.Pt/c1-42(2)36-46-28-31-58-61(55(46)37-43(3)4)54-30-29-50(40-59(54)66(58)60-38-47(32-34-63-60)62(5,6)7)67-49-23-16-22-48(39-49)65-41-64(56-26-14-15-27-57(56)65)35-33-53-51(44-18-10-8-11-19-44)24-17-25-52(53)45-20-12-9-13-21-45;/h8-32,34,38,42-43H,33,35-37H2,1-7H3;/q;+2. The SMILES string of the molecule is CC(C)Cc1ccc2c(c1CC(C)C)c1ccc(Oc3[c-]c([N+]4=C=[N+](CCc5c(-c6ccccc6)cccc5-c5ccccc5)c5ccccc54)ccc3)[c-]c1n2-c1cc(C(C)(C)C)ccn1.[Pt+2].